The molecule has 3 aliphatic heterocycles. The smallest absolute Gasteiger partial charge is 0.271 e. The number of carbonyl (C=O) groups excluding carboxylic acids is 2. The number of nitrogens with one attached hydrogen (secondary N) is 1. The first-order valence-electron chi connectivity index (χ1n) is 9.94. The van der Waals surface area contributed by atoms with Crippen LogP contribution >= 0.6 is 11.3 Å². The maximum Gasteiger partial charge on any atom is 0.271 e. The number of carbonyl (C=O) groups is 2. The van der Waals surface area contributed by atoms with Gasteiger partial charge in [0, 0.05) is 16.8 Å². The van der Waals surface area contributed by atoms with E-state index in [1.54, 1.807) is 17.6 Å². The Bertz CT molecular complexity index is 1500. The number of fused-ring (bicyclic) bond motifs is 7. The molecule has 1 N–H and O–H groups in total. The van der Waals surface area contributed by atoms with Crippen molar-refractivity contribution in [3.63, 3.8) is 0 Å². The summed E-state index contributed by atoms with van der Waals surface area (Å²) >= 11 is 1.16. The topological polar surface area (TPSA) is 89.8 Å². The second kappa shape index (κ2) is 6.01. The summed E-state index contributed by atoms with van der Waals surface area (Å²) < 4.78 is 8.07. The van der Waals surface area contributed by atoms with Gasteiger partial charge in [-0.15, -0.1) is 0 Å². The summed E-state index contributed by atoms with van der Waals surface area (Å²) in [5, 5.41) is 2.82. The number of aromatic nitrogens is 1. The first kappa shape index (κ1) is 18.3. The first-order chi connectivity index (χ1) is 14.9. The molecule has 6 rings (SSSR count). The van der Waals surface area contributed by atoms with Gasteiger partial charge in [-0.3, -0.25) is 19.0 Å². The number of anilines is 1. The van der Waals surface area contributed by atoms with Crippen molar-refractivity contribution < 1.29 is 14.3 Å². The van der Waals surface area contributed by atoms with Gasteiger partial charge in [-0.2, -0.15) is 0 Å². The third-order valence-electron chi connectivity index (χ3n) is 6.19. The lowest BCUT2D eigenvalue weighted by molar-refractivity contribution is -0.132. The normalized spacial score (nSPS) is 26.7. The predicted molar refractivity (Wildman–Crippen MR) is 115 cm³/mol. The molecule has 0 saturated carbocycles. The van der Waals surface area contributed by atoms with E-state index in [0.717, 1.165) is 16.9 Å². The van der Waals surface area contributed by atoms with Crippen molar-refractivity contribution in [3.05, 3.63) is 79.3 Å². The standard InChI is InChI=1S/C23H17N3O4S/c1-11(27)17-18-13-8-4-6-10-15(13)30-23(17,2)25-22-26(18)21(29)19(31-22)16-12-7-3-5-9-14(12)24-20(16)28/h3-10,17-18H,1-2H3,(H,24,28). The molecule has 3 unspecified atom stereocenters. The highest BCUT2D eigenvalue weighted by atomic mass is 32.1. The lowest BCUT2D eigenvalue weighted by atomic mass is 9.79. The van der Waals surface area contributed by atoms with Crippen molar-refractivity contribution >= 4 is 34.3 Å². The van der Waals surface area contributed by atoms with Crippen LogP contribution in [-0.2, 0) is 9.59 Å². The zero-order valence-electron chi connectivity index (χ0n) is 16.7. The number of Topliss-reactive ketones (excluding diaryl/α,β-unsaturated/α-hetero) is 1. The molecule has 2 bridgehead atoms. The Morgan fingerprint density at radius 1 is 1.16 bits per heavy atom. The molecule has 0 spiro atoms. The Labute approximate surface area is 180 Å². The average Bonchev–Trinajstić information content (AvgIpc) is 3.21. The Kier molecular flexibility index (Phi) is 3.54. The largest absolute Gasteiger partial charge is 0.465 e. The molecule has 0 radical (unpaired) electrons. The Morgan fingerprint density at radius 3 is 2.71 bits per heavy atom. The minimum atomic E-state index is -1.13. The molecule has 0 fully saturated rings. The molecular weight excluding hydrogens is 414 g/mol. The van der Waals surface area contributed by atoms with Crippen molar-refractivity contribution in [3.8, 4) is 5.75 Å². The van der Waals surface area contributed by atoms with Gasteiger partial charge in [-0.1, -0.05) is 47.7 Å². The quantitative estimate of drug-likeness (QED) is 0.634. The highest BCUT2D eigenvalue weighted by Gasteiger charge is 2.53. The third-order valence-corrected chi connectivity index (χ3v) is 7.25. The molecular formula is C23H17N3O4S. The zero-order chi connectivity index (χ0) is 21.5. The number of thiazole rings is 1. The second-order valence-corrected chi connectivity index (χ2v) is 9.08. The number of hydrogen-bond donors (Lipinski definition) is 1. The van der Waals surface area contributed by atoms with Crippen LogP contribution in [0.5, 0.6) is 5.75 Å². The fraction of sp³-hybridized carbons (Fsp3) is 0.217. The van der Waals surface area contributed by atoms with Crippen molar-refractivity contribution in [2.24, 2.45) is 10.9 Å². The van der Waals surface area contributed by atoms with Gasteiger partial charge in [0.1, 0.15) is 22.0 Å². The van der Waals surface area contributed by atoms with Crippen molar-refractivity contribution in [1.29, 1.82) is 0 Å². The molecule has 3 atom stereocenters. The maximum atomic E-state index is 13.7. The van der Waals surface area contributed by atoms with Crippen LogP contribution < -0.4 is 24.9 Å². The van der Waals surface area contributed by atoms with Crippen LogP contribution in [0, 0.1) is 5.92 Å². The van der Waals surface area contributed by atoms with Crippen LogP contribution in [0.2, 0.25) is 0 Å². The highest BCUT2D eigenvalue weighted by Crippen LogP contribution is 2.47. The number of rotatable bonds is 1. The number of ketones is 1. The number of benzene rings is 2. The van der Waals surface area contributed by atoms with E-state index in [2.05, 4.69) is 5.32 Å². The van der Waals surface area contributed by atoms with Crippen molar-refractivity contribution in [1.82, 2.24) is 4.57 Å². The van der Waals surface area contributed by atoms with E-state index in [9.17, 15) is 14.4 Å². The van der Waals surface area contributed by atoms with Gasteiger partial charge in [-0.25, -0.2) is 4.99 Å². The number of nitrogens with zero attached hydrogens (tertiary/aromatic N) is 2. The molecule has 4 heterocycles. The van der Waals surface area contributed by atoms with E-state index in [1.807, 2.05) is 42.5 Å². The number of amides is 1. The third kappa shape index (κ3) is 2.33. The van der Waals surface area contributed by atoms with Crippen LogP contribution in [-0.4, -0.2) is 22.0 Å². The molecule has 31 heavy (non-hydrogen) atoms. The van der Waals surface area contributed by atoms with E-state index in [1.165, 1.54) is 6.92 Å². The minimum Gasteiger partial charge on any atom is -0.465 e. The monoisotopic (exact) mass is 431 g/mol. The second-order valence-electron chi connectivity index (χ2n) is 8.10. The first-order valence-corrected chi connectivity index (χ1v) is 10.8. The van der Waals surface area contributed by atoms with Gasteiger partial charge in [0.2, 0.25) is 5.72 Å². The summed E-state index contributed by atoms with van der Waals surface area (Å²) in [5.41, 5.74) is 1.04. The molecule has 1 amide bonds. The van der Waals surface area contributed by atoms with Gasteiger partial charge in [0.25, 0.3) is 11.5 Å². The Morgan fingerprint density at radius 2 is 1.90 bits per heavy atom. The van der Waals surface area contributed by atoms with E-state index >= 15 is 0 Å². The predicted octanol–water partition coefficient (Wildman–Crippen LogP) is 1.60. The Hall–Kier alpha value is -3.52. The van der Waals surface area contributed by atoms with Gasteiger partial charge in [0.05, 0.1) is 11.6 Å². The fourth-order valence-electron chi connectivity index (χ4n) is 4.95. The minimum absolute atomic E-state index is 0.104. The molecule has 3 aromatic rings. The van der Waals surface area contributed by atoms with Crippen LogP contribution in [0.25, 0.3) is 5.57 Å². The highest BCUT2D eigenvalue weighted by molar-refractivity contribution is 7.07. The molecule has 7 nitrogen and oxygen atoms in total. The molecule has 2 aromatic carbocycles. The zero-order valence-corrected chi connectivity index (χ0v) is 17.5. The van der Waals surface area contributed by atoms with Crippen molar-refractivity contribution in [2.45, 2.75) is 25.6 Å². The van der Waals surface area contributed by atoms with Crippen LogP contribution in [0.4, 0.5) is 5.69 Å². The van der Waals surface area contributed by atoms with Crippen LogP contribution in [0.15, 0.2) is 58.3 Å². The number of hydrogen-bond acceptors (Lipinski definition) is 6. The average molecular weight is 431 g/mol. The van der Waals surface area contributed by atoms with E-state index in [4.69, 9.17) is 9.73 Å². The number of ether oxygens (including phenoxy) is 1. The Balaban J connectivity index is 1.73. The van der Waals surface area contributed by atoms with Gasteiger partial charge in [0.15, 0.2) is 4.80 Å². The molecule has 8 heteroatoms. The van der Waals surface area contributed by atoms with Crippen LogP contribution in [0.1, 0.15) is 31.0 Å². The van der Waals surface area contributed by atoms with Gasteiger partial charge >= 0.3 is 0 Å². The molecule has 1 aromatic heterocycles. The summed E-state index contributed by atoms with van der Waals surface area (Å²) in [6.07, 6.45) is 0. The molecule has 3 aliphatic rings. The van der Waals surface area contributed by atoms with E-state index in [0.29, 0.717) is 31.9 Å². The van der Waals surface area contributed by atoms with E-state index < -0.39 is 17.7 Å². The summed E-state index contributed by atoms with van der Waals surface area (Å²) in [6.45, 7) is 3.28. The lowest BCUT2D eigenvalue weighted by Crippen LogP contribution is -2.58. The van der Waals surface area contributed by atoms with E-state index in [-0.39, 0.29) is 17.2 Å². The summed E-state index contributed by atoms with van der Waals surface area (Å²) in [6, 6.07) is 14.2. The summed E-state index contributed by atoms with van der Waals surface area (Å²) in [4.78, 5) is 44.3. The van der Waals surface area contributed by atoms with Gasteiger partial charge < -0.3 is 10.1 Å². The lowest BCUT2D eigenvalue weighted by Gasteiger charge is -2.45. The number of para-hydroxylation sites is 2. The molecule has 0 aliphatic carbocycles. The SMILES string of the molecule is CC(=O)C1C2c3ccccc3OC1(C)N=c1sc(=C3C(=O)Nc4ccccc43)c(=O)n12. The van der Waals surface area contributed by atoms with Gasteiger partial charge in [-0.05, 0) is 26.0 Å². The molecule has 154 valence electrons. The summed E-state index contributed by atoms with van der Waals surface area (Å²) in [5.74, 6) is -0.456. The van der Waals surface area contributed by atoms with Crippen LogP contribution in [0.3, 0.4) is 0 Å². The maximum absolute atomic E-state index is 13.7. The van der Waals surface area contributed by atoms with Crippen molar-refractivity contribution in [2.75, 3.05) is 5.32 Å². The summed E-state index contributed by atoms with van der Waals surface area (Å²) in [7, 11) is 0. The molecule has 0 saturated heterocycles. The fourth-order valence-corrected chi connectivity index (χ4v) is 6.14.